The van der Waals surface area contributed by atoms with Crippen molar-refractivity contribution in [3.63, 3.8) is 0 Å². The van der Waals surface area contributed by atoms with Crippen molar-refractivity contribution in [2.24, 2.45) is 10.7 Å². The summed E-state index contributed by atoms with van der Waals surface area (Å²) >= 11 is 0. The first-order valence-corrected chi connectivity index (χ1v) is 8.89. The Bertz CT molecular complexity index is 849. The van der Waals surface area contributed by atoms with Gasteiger partial charge in [-0.1, -0.05) is 36.4 Å². The van der Waals surface area contributed by atoms with Crippen LogP contribution in [0.1, 0.15) is 23.6 Å². The molecule has 0 radical (unpaired) electrons. The zero-order valence-corrected chi connectivity index (χ0v) is 14.5. The molecule has 0 spiro atoms. The van der Waals surface area contributed by atoms with Gasteiger partial charge < -0.3 is 20.7 Å². The molecule has 3 N–H and O–H groups in total. The van der Waals surface area contributed by atoms with Gasteiger partial charge in [0.25, 0.3) is 0 Å². The summed E-state index contributed by atoms with van der Waals surface area (Å²) in [7, 11) is 0. The first-order valence-electron chi connectivity index (χ1n) is 8.89. The molecule has 6 heteroatoms. The largest absolute Gasteiger partial charge is 0.493 e. The van der Waals surface area contributed by atoms with Crippen molar-refractivity contribution in [3.05, 3.63) is 59.7 Å². The zero-order chi connectivity index (χ0) is 17.9. The third kappa shape index (κ3) is 3.22. The minimum Gasteiger partial charge on any atom is -0.493 e. The number of amides is 1. The van der Waals surface area contributed by atoms with Gasteiger partial charge >= 0.3 is 0 Å². The number of para-hydroxylation sites is 2. The average molecular weight is 350 g/mol. The van der Waals surface area contributed by atoms with Crippen molar-refractivity contribution >= 4 is 17.6 Å². The lowest BCUT2D eigenvalue weighted by atomic mass is 10.0. The van der Waals surface area contributed by atoms with E-state index in [1.165, 1.54) is 0 Å². The topological polar surface area (TPSA) is 80.0 Å². The molecule has 0 bridgehead atoms. The minimum absolute atomic E-state index is 0.0952. The van der Waals surface area contributed by atoms with E-state index < -0.39 is 0 Å². The summed E-state index contributed by atoms with van der Waals surface area (Å²) in [6.07, 6.45) is 1.30. The molecule has 1 unspecified atom stereocenters. The maximum Gasteiger partial charge on any atom is 0.231 e. The molecule has 0 aliphatic carbocycles. The highest BCUT2D eigenvalue weighted by atomic mass is 16.5. The highest BCUT2D eigenvalue weighted by molar-refractivity contribution is 6.01. The van der Waals surface area contributed by atoms with Crippen molar-refractivity contribution in [1.29, 1.82) is 0 Å². The van der Waals surface area contributed by atoms with Crippen LogP contribution in [0.2, 0.25) is 0 Å². The van der Waals surface area contributed by atoms with E-state index in [1.54, 1.807) is 4.90 Å². The van der Waals surface area contributed by atoms with Gasteiger partial charge in [0.05, 0.1) is 25.6 Å². The molecule has 26 heavy (non-hydrogen) atoms. The fourth-order valence-corrected chi connectivity index (χ4v) is 3.55. The number of benzene rings is 2. The van der Waals surface area contributed by atoms with E-state index in [4.69, 9.17) is 10.5 Å². The van der Waals surface area contributed by atoms with Crippen LogP contribution < -0.4 is 20.7 Å². The van der Waals surface area contributed by atoms with Crippen LogP contribution in [0.25, 0.3) is 0 Å². The van der Waals surface area contributed by atoms with Gasteiger partial charge in [-0.25, -0.2) is 0 Å². The summed E-state index contributed by atoms with van der Waals surface area (Å²) in [5, 5.41) is 3.28. The molecule has 1 amide bonds. The standard InChI is InChI=1S/C20H22N4O2/c21-20(23-16-9-12-26-18-8-4-2-6-15(16)18)22-10-11-24-17-7-3-1-5-14(17)13-19(24)25/h1-8,16H,9-13H2,(H3,21,22,23). The molecule has 4 rings (SSSR count). The van der Waals surface area contributed by atoms with Gasteiger partial charge in [-0.15, -0.1) is 0 Å². The average Bonchev–Trinajstić information content (AvgIpc) is 2.98. The third-order valence-corrected chi connectivity index (χ3v) is 4.81. The second-order valence-electron chi connectivity index (χ2n) is 6.49. The van der Waals surface area contributed by atoms with Gasteiger partial charge in [0.1, 0.15) is 5.75 Å². The van der Waals surface area contributed by atoms with E-state index in [1.807, 2.05) is 48.5 Å². The number of hydrogen-bond donors (Lipinski definition) is 2. The number of nitrogens with one attached hydrogen (secondary N) is 1. The molecule has 2 aromatic carbocycles. The number of rotatable bonds is 4. The summed E-state index contributed by atoms with van der Waals surface area (Å²) in [5.74, 6) is 1.40. The number of guanidine groups is 1. The smallest absolute Gasteiger partial charge is 0.231 e. The molecule has 2 heterocycles. The van der Waals surface area contributed by atoms with Crippen molar-refractivity contribution in [2.45, 2.75) is 18.9 Å². The van der Waals surface area contributed by atoms with Gasteiger partial charge in [0, 0.05) is 24.2 Å². The van der Waals surface area contributed by atoms with E-state index in [-0.39, 0.29) is 11.9 Å². The molecule has 2 aliphatic heterocycles. The van der Waals surface area contributed by atoms with Crippen molar-refractivity contribution in [3.8, 4) is 5.75 Å². The van der Waals surface area contributed by atoms with E-state index in [0.717, 1.165) is 29.0 Å². The minimum atomic E-state index is 0.0952. The predicted octanol–water partition coefficient (Wildman–Crippen LogP) is 2.00. The Morgan fingerprint density at radius 3 is 2.96 bits per heavy atom. The number of carbonyl (C=O) groups excluding carboxylic acids is 1. The normalized spacial score (nSPS) is 18.9. The summed E-state index contributed by atoms with van der Waals surface area (Å²) in [5.41, 5.74) is 9.23. The van der Waals surface area contributed by atoms with Gasteiger partial charge in [0.15, 0.2) is 5.96 Å². The summed E-state index contributed by atoms with van der Waals surface area (Å²) in [4.78, 5) is 18.4. The molecule has 0 saturated carbocycles. The fraction of sp³-hybridized carbons (Fsp3) is 0.300. The number of nitrogens with two attached hydrogens (primary N) is 1. The molecular weight excluding hydrogens is 328 g/mol. The number of nitrogens with zero attached hydrogens (tertiary/aromatic N) is 2. The lowest BCUT2D eigenvalue weighted by molar-refractivity contribution is -0.117. The number of carbonyl (C=O) groups is 1. The quantitative estimate of drug-likeness (QED) is 0.653. The van der Waals surface area contributed by atoms with Gasteiger partial charge in [-0.3, -0.25) is 9.79 Å². The molecule has 2 aliphatic rings. The Balaban J connectivity index is 1.37. The molecule has 2 aromatic rings. The van der Waals surface area contributed by atoms with Gasteiger partial charge in [0.2, 0.25) is 5.91 Å². The number of hydrogen-bond acceptors (Lipinski definition) is 3. The summed E-state index contributed by atoms with van der Waals surface area (Å²) in [6.45, 7) is 1.65. The maximum absolute atomic E-state index is 12.2. The number of anilines is 1. The van der Waals surface area contributed by atoms with Crippen LogP contribution in [0.5, 0.6) is 5.75 Å². The third-order valence-electron chi connectivity index (χ3n) is 4.81. The highest BCUT2D eigenvalue weighted by Gasteiger charge is 2.26. The van der Waals surface area contributed by atoms with Gasteiger partial charge in [-0.05, 0) is 17.7 Å². The van der Waals surface area contributed by atoms with E-state index in [2.05, 4.69) is 10.3 Å². The molecule has 0 aromatic heterocycles. The maximum atomic E-state index is 12.2. The summed E-state index contributed by atoms with van der Waals surface area (Å²) < 4.78 is 5.66. The SMILES string of the molecule is NC(=NCCN1C(=O)Cc2ccccc21)NC1CCOc2ccccc21. The van der Waals surface area contributed by atoms with Crippen molar-refractivity contribution < 1.29 is 9.53 Å². The van der Waals surface area contributed by atoms with Crippen LogP contribution in [-0.2, 0) is 11.2 Å². The number of aliphatic imine (C=N–C) groups is 1. The lowest BCUT2D eigenvalue weighted by Gasteiger charge is -2.27. The molecule has 6 nitrogen and oxygen atoms in total. The number of ether oxygens (including phenoxy) is 1. The predicted molar refractivity (Wildman–Crippen MR) is 101 cm³/mol. The van der Waals surface area contributed by atoms with Crippen molar-refractivity contribution in [2.75, 3.05) is 24.6 Å². The van der Waals surface area contributed by atoms with Crippen LogP contribution in [-0.4, -0.2) is 31.6 Å². The van der Waals surface area contributed by atoms with Crippen LogP contribution in [0.15, 0.2) is 53.5 Å². The van der Waals surface area contributed by atoms with Crippen LogP contribution in [0, 0.1) is 0 Å². The van der Waals surface area contributed by atoms with Crippen LogP contribution in [0.3, 0.4) is 0 Å². The number of fused-ring (bicyclic) bond motifs is 2. The molecule has 134 valence electrons. The Labute approximate surface area is 152 Å². The van der Waals surface area contributed by atoms with E-state index >= 15 is 0 Å². The van der Waals surface area contributed by atoms with E-state index in [9.17, 15) is 4.79 Å². The Hall–Kier alpha value is -3.02. The van der Waals surface area contributed by atoms with E-state index in [0.29, 0.717) is 32.1 Å². The first kappa shape index (κ1) is 16.4. The summed E-state index contributed by atoms with van der Waals surface area (Å²) in [6, 6.07) is 15.9. The monoisotopic (exact) mass is 350 g/mol. The molecule has 0 saturated heterocycles. The Kier molecular flexibility index (Phi) is 4.48. The molecular formula is C20H22N4O2. The van der Waals surface area contributed by atoms with Crippen LogP contribution >= 0.6 is 0 Å². The fourth-order valence-electron chi connectivity index (χ4n) is 3.55. The highest BCUT2D eigenvalue weighted by Crippen LogP contribution is 2.31. The Morgan fingerprint density at radius 1 is 1.23 bits per heavy atom. The first-order chi connectivity index (χ1) is 12.7. The second kappa shape index (κ2) is 7.07. The zero-order valence-electron chi connectivity index (χ0n) is 14.5. The Morgan fingerprint density at radius 2 is 2.04 bits per heavy atom. The lowest BCUT2D eigenvalue weighted by Crippen LogP contribution is -2.38. The van der Waals surface area contributed by atoms with Crippen molar-refractivity contribution in [1.82, 2.24) is 5.32 Å². The second-order valence-corrected chi connectivity index (χ2v) is 6.49. The van der Waals surface area contributed by atoms with Crippen LogP contribution in [0.4, 0.5) is 5.69 Å². The molecule has 0 fully saturated rings. The van der Waals surface area contributed by atoms with Gasteiger partial charge in [-0.2, -0.15) is 0 Å². The molecule has 1 atom stereocenters.